The average molecular weight is 373 g/mol. The van der Waals surface area contributed by atoms with Crippen molar-refractivity contribution in [3.8, 4) is 0 Å². The van der Waals surface area contributed by atoms with Gasteiger partial charge in [-0.3, -0.25) is 10.1 Å². The molecule has 1 aliphatic heterocycles. The second kappa shape index (κ2) is 7.08. The Morgan fingerprint density at radius 3 is 2.92 bits per heavy atom. The lowest BCUT2D eigenvalue weighted by Gasteiger charge is -2.02. The van der Waals surface area contributed by atoms with E-state index in [1.807, 2.05) is 32.0 Å². The Bertz CT molecular complexity index is 917. The van der Waals surface area contributed by atoms with Gasteiger partial charge < -0.3 is 11.1 Å². The third-order valence-electron chi connectivity index (χ3n) is 3.25. The van der Waals surface area contributed by atoms with Crippen LogP contribution < -0.4 is 16.4 Å². The van der Waals surface area contributed by atoms with Crippen LogP contribution in [0.15, 0.2) is 34.3 Å². The summed E-state index contributed by atoms with van der Waals surface area (Å²) in [6.45, 7) is 4.00. The molecule has 0 unspecified atom stereocenters. The Kier molecular flexibility index (Phi) is 4.86. The van der Waals surface area contributed by atoms with Crippen molar-refractivity contribution in [3.05, 3.63) is 45.3 Å². The summed E-state index contributed by atoms with van der Waals surface area (Å²) < 4.78 is 0. The highest BCUT2D eigenvalue weighted by Crippen LogP contribution is 2.31. The van der Waals surface area contributed by atoms with Crippen LogP contribution in [0.1, 0.15) is 16.0 Å². The van der Waals surface area contributed by atoms with Crippen molar-refractivity contribution >= 4 is 57.1 Å². The maximum absolute atomic E-state index is 12.1. The topological polar surface area (TPSA) is 109 Å². The normalized spacial score (nSPS) is 17.1. The van der Waals surface area contributed by atoms with Crippen LogP contribution in [0.3, 0.4) is 0 Å². The molecule has 1 aliphatic rings. The largest absolute Gasteiger partial charge is 0.351 e. The van der Waals surface area contributed by atoms with E-state index in [0.29, 0.717) is 15.2 Å². The fourth-order valence-corrected chi connectivity index (χ4v) is 3.83. The lowest BCUT2D eigenvalue weighted by atomic mass is 10.1. The van der Waals surface area contributed by atoms with Gasteiger partial charge in [0.05, 0.1) is 15.5 Å². The SMILES string of the molecule is Cc1ccc(N=C2NC(=O)/C(=C/c3cnc(NC(N)=O)s3)S2)c(C)c1. The number of rotatable bonds is 3. The molecule has 7 nitrogen and oxygen atoms in total. The molecule has 0 spiro atoms. The first kappa shape index (κ1) is 17.2. The van der Waals surface area contributed by atoms with E-state index in [0.717, 1.165) is 21.7 Å². The summed E-state index contributed by atoms with van der Waals surface area (Å²) in [5.74, 6) is -0.216. The number of nitrogens with one attached hydrogen (secondary N) is 2. The minimum Gasteiger partial charge on any atom is -0.351 e. The number of thioether (sulfide) groups is 1. The minimum absolute atomic E-state index is 0.216. The number of hydrogen-bond acceptors (Lipinski definition) is 6. The number of aromatic nitrogens is 1. The Morgan fingerprint density at radius 1 is 1.40 bits per heavy atom. The number of primary amides is 1. The number of nitrogens with two attached hydrogens (primary N) is 1. The molecule has 1 aromatic carbocycles. The molecule has 0 radical (unpaired) electrons. The monoisotopic (exact) mass is 373 g/mol. The molecule has 1 aromatic heterocycles. The molecule has 2 aromatic rings. The van der Waals surface area contributed by atoms with Gasteiger partial charge in [-0.2, -0.15) is 0 Å². The van der Waals surface area contributed by atoms with Gasteiger partial charge in [-0.15, -0.1) is 0 Å². The maximum Gasteiger partial charge on any atom is 0.318 e. The van der Waals surface area contributed by atoms with Gasteiger partial charge in [0.2, 0.25) is 0 Å². The van der Waals surface area contributed by atoms with Crippen LogP contribution in [-0.2, 0) is 4.79 Å². The average Bonchev–Trinajstić information content (AvgIpc) is 3.09. The van der Waals surface area contributed by atoms with Crippen LogP contribution in [0.2, 0.25) is 0 Å². The van der Waals surface area contributed by atoms with Crippen LogP contribution in [0.5, 0.6) is 0 Å². The molecule has 9 heteroatoms. The first-order chi connectivity index (χ1) is 11.9. The van der Waals surface area contributed by atoms with Gasteiger partial charge in [-0.1, -0.05) is 29.0 Å². The number of urea groups is 1. The van der Waals surface area contributed by atoms with Gasteiger partial charge in [-0.05, 0) is 43.3 Å². The van der Waals surface area contributed by atoms with Crippen LogP contribution in [0, 0.1) is 13.8 Å². The number of carbonyl (C=O) groups excluding carboxylic acids is 2. The molecule has 3 rings (SSSR count). The van der Waals surface area contributed by atoms with E-state index in [9.17, 15) is 9.59 Å². The quantitative estimate of drug-likeness (QED) is 0.718. The van der Waals surface area contributed by atoms with Crippen molar-refractivity contribution in [2.45, 2.75) is 13.8 Å². The number of amidine groups is 1. The summed E-state index contributed by atoms with van der Waals surface area (Å²) in [7, 11) is 0. The van der Waals surface area contributed by atoms with Crippen LogP contribution in [0.25, 0.3) is 6.08 Å². The number of aliphatic imine (C=N–C) groups is 1. The van der Waals surface area contributed by atoms with Crippen LogP contribution in [-0.4, -0.2) is 22.1 Å². The maximum atomic E-state index is 12.1. The highest BCUT2D eigenvalue weighted by molar-refractivity contribution is 8.18. The number of hydrogen-bond donors (Lipinski definition) is 3. The van der Waals surface area contributed by atoms with Crippen LogP contribution >= 0.6 is 23.1 Å². The van der Waals surface area contributed by atoms with E-state index in [1.165, 1.54) is 23.1 Å². The van der Waals surface area contributed by atoms with E-state index in [-0.39, 0.29) is 5.91 Å². The van der Waals surface area contributed by atoms with E-state index >= 15 is 0 Å². The van der Waals surface area contributed by atoms with Crippen molar-refractivity contribution < 1.29 is 9.59 Å². The van der Waals surface area contributed by atoms with Gasteiger partial charge in [0.25, 0.3) is 5.91 Å². The second-order valence-corrected chi connectivity index (χ2v) is 7.42. The number of thiazole rings is 1. The number of benzene rings is 1. The zero-order valence-corrected chi connectivity index (χ0v) is 15.1. The Hall–Kier alpha value is -2.65. The van der Waals surface area contributed by atoms with Crippen LogP contribution in [0.4, 0.5) is 15.6 Å². The van der Waals surface area contributed by atoms with Gasteiger partial charge in [-0.25, -0.2) is 14.8 Å². The zero-order chi connectivity index (χ0) is 18.0. The lowest BCUT2D eigenvalue weighted by Crippen LogP contribution is -2.19. The predicted octanol–water partition coefficient (Wildman–Crippen LogP) is 3.14. The minimum atomic E-state index is -0.676. The summed E-state index contributed by atoms with van der Waals surface area (Å²) in [5.41, 5.74) is 8.08. The van der Waals surface area contributed by atoms with Crippen molar-refractivity contribution in [2.75, 3.05) is 5.32 Å². The van der Waals surface area contributed by atoms with E-state index in [4.69, 9.17) is 5.73 Å². The number of amides is 3. The van der Waals surface area contributed by atoms with Crippen molar-refractivity contribution in [3.63, 3.8) is 0 Å². The molecule has 0 atom stereocenters. The molecule has 128 valence electrons. The highest BCUT2D eigenvalue weighted by atomic mass is 32.2. The summed E-state index contributed by atoms with van der Waals surface area (Å²) in [5, 5.41) is 6.07. The second-order valence-electron chi connectivity index (χ2n) is 5.33. The predicted molar refractivity (Wildman–Crippen MR) is 102 cm³/mol. The summed E-state index contributed by atoms with van der Waals surface area (Å²) in [6, 6.07) is 5.28. The van der Waals surface area contributed by atoms with Crippen molar-refractivity contribution in [1.29, 1.82) is 0 Å². The number of nitrogens with zero attached hydrogens (tertiary/aromatic N) is 2. The Labute approximate surface area is 152 Å². The molecule has 4 N–H and O–H groups in total. The first-order valence-corrected chi connectivity index (χ1v) is 8.93. The van der Waals surface area contributed by atoms with E-state index < -0.39 is 6.03 Å². The first-order valence-electron chi connectivity index (χ1n) is 7.30. The van der Waals surface area contributed by atoms with Gasteiger partial charge in [0.1, 0.15) is 0 Å². The number of carbonyl (C=O) groups is 2. The number of aryl methyl sites for hydroxylation is 2. The third-order valence-corrected chi connectivity index (χ3v) is 5.02. The Morgan fingerprint density at radius 2 is 2.20 bits per heavy atom. The number of anilines is 1. The molecule has 0 aliphatic carbocycles. The molecule has 3 amide bonds. The highest BCUT2D eigenvalue weighted by Gasteiger charge is 2.24. The molecule has 25 heavy (non-hydrogen) atoms. The molecule has 0 saturated carbocycles. The molecular formula is C16H15N5O2S2. The zero-order valence-electron chi connectivity index (χ0n) is 13.5. The Balaban J connectivity index is 1.79. The molecule has 1 saturated heterocycles. The summed E-state index contributed by atoms with van der Waals surface area (Å²) in [4.78, 5) is 32.7. The molecular weight excluding hydrogens is 358 g/mol. The van der Waals surface area contributed by atoms with Crippen molar-refractivity contribution in [1.82, 2.24) is 10.3 Å². The van der Waals surface area contributed by atoms with E-state index in [1.54, 1.807) is 12.3 Å². The standard InChI is InChI=1S/C16H15N5O2S2/c1-8-3-4-11(9(2)5-8)19-16-20-13(22)12(25-16)6-10-7-18-15(24-10)21-14(17)23/h3-7H,1-2H3,(H,19,20,22)(H3,17,18,21,23)/b12-6-. The van der Waals surface area contributed by atoms with Gasteiger partial charge in [0, 0.05) is 6.20 Å². The van der Waals surface area contributed by atoms with Gasteiger partial charge >= 0.3 is 6.03 Å². The fourth-order valence-electron chi connectivity index (χ4n) is 2.17. The third kappa shape index (κ3) is 4.25. The molecule has 2 heterocycles. The summed E-state index contributed by atoms with van der Waals surface area (Å²) in [6.07, 6.45) is 3.27. The van der Waals surface area contributed by atoms with Gasteiger partial charge in [0.15, 0.2) is 10.3 Å². The lowest BCUT2D eigenvalue weighted by molar-refractivity contribution is -0.115. The molecule has 0 bridgehead atoms. The molecule has 1 fully saturated rings. The summed E-state index contributed by atoms with van der Waals surface area (Å²) >= 11 is 2.49. The fraction of sp³-hybridized carbons (Fsp3) is 0.125. The smallest absolute Gasteiger partial charge is 0.318 e. The van der Waals surface area contributed by atoms with E-state index in [2.05, 4.69) is 20.6 Å². The van der Waals surface area contributed by atoms with Crippen molar-refractivity contribution in [2.24, 2.45) is 10.7 Å².